The van der Waals surface area contributed by atoms with E-state index < -0.39 is 5.69 Å². The van der Waals surface area contributed by atoms with Crippen LogP contribution in [0.25, 0.3) is 10.9 Å². The SMILES string of the molecule is COc1ccc(CNc2nc(=O)n(CC(=O)Nc3ccc4c(c3)OCO4)c3ccccc23)cc1. The standard InChI is InChI=1S/C25H22N4O5/c1-32-18-9-6-16(7-10-18)13-26-24-19-4-2-3-5-20(19)29(25(31)28-24)14-23(30)27-17-8-11-21-22(12-17)34-15-33-21/h2-12H,13-15H2,1H3,(H,27,30)(H,26,28,31). The van der Waals surface area contributed by atoms with E-state index in [9.17, 15) is 9.59 Å². The van der Waals surface area contributed by atoms with Gasteiger partial charge in [-0.3, -0.25) is 9.36 Å². The molecule has 0 aliphatic carbocycles. The Morgan fingerprint density at radius 2 is 1.85 bits per heavy atom. The quantitative estimate of drug-likeness (QED) is 0.438. The highest BCUT2D eigenvalue weighted by Gasteiger charge is 2.16. The summed E-state index contributed by atoms with van der Waals surface area (Å²) in [6.07, 6.45) is 0. The molecule has 5 rings (SSSR count). The third-order valence-corrected chi connectivity index (χ3v) is 5.47. The highest BCUT2D eigenvalue weighted by Crippen LogP contribution is 2.34. The van der Waals surface area contributed by atoms with Crippen LogP contribution in [0.3, 0.4) is 0 Å². The number of para-hydroxylation sites is 1. The Kier molecular flexibility index (Phi) is 5.73. The molecule has 9 nitrogen and oxygen atoms in total. The average Bonchev–Trinajstić information content (AvgIpc) is 3.33. The lowest BCUT2D eigenvalue weighted by atomic mass is 10.2. The van der Waals surface area contributed by atoms with Crippen molar-refractivity contribution in [3.05, 3.63) is 82.8 Å². The fraction of sp³-hybridized carbons (Fsp3) is 0.160. The second-order valence-electron chi connectivity index (χ2n) is 7.66. The first-order valence-electron chi connectivity index (χ1n) is 10.7. The zero-order valence-electron chi connectivity index (χ0n) is 18.4. The number of aromatic nitrogens is 2. The highest BCUT2D eigenvalue weighted by molar-refractivity contribution is 5.93. The summed E-state index contributed by atoms with van der Waals surface area (Å²) in [5.74, 6) is 2.07. The summed E-state index contributed by atoms with van der Waals surface area (Å²) in [7, 11) is 1.62. The minimum atomic E-state index is -0.517. The molecule has 172 valence electrons. The molecule has 0 saturated heterocycles. The normalized spacial score (nSPS) is 11.9. The predicted molar refractivity (Wildman–Crippen MR) is 128 cm³/mol. The van der Waals surface area contributed by atoms with Gasteiger partial charge in [0, 0.05) is 23.7 Å². The Morgan fingerprint density at radius 1 is 1.06 bits per heavy atom. The first-order chi connectivity index (χ1) is 16.6. The van der Waals surface area contributed by atoms with Gasteiger partial charge in [-0.15, -0.1) is 0 Å². The van der Waals surface area contributed by atoms with Gasteiger partial charge in [-0.05, 0) is 42.0 Å². The molecular weight excluding hydrogens is 436 g/mol. The molecule has 1 aliphatic heterocycles. The molecule has 3 aromatic carbocycles. The maximum absolute atomic E-state index is 12.9. The lowest BCUT2D eigenvalue weighted by molar-refractivity contribution is -0.116. The number of methoxy groups -OCH3 is 1. The van der Waals surface area contributed by atoms with Crippen LogP contribution in [0, 0.1) is 0 Å². The molecule has 34 heavy (non-hydrogen) atoms. The summed E-state index contributed by atoms with van der Waals surface area (Å²) < 4.78 is 17.2. The molecule has 4 aromatic rings. The summed E-state index contributed by atoms with van der Waals surface area (Å²) in [4.78, 5) is 29.8. The molecule has 0 unspecified atom stereocenters. The van der Waals surface area contributed by atoms with E-state index in [-0.39, 0.29) is 19.2 Å². The number of fused-ring (bicyclic) bond motifs is 2. The van der Waals surface area contributed by atoms with Crippen molar-refractivity contribution in [3.63, 3.8) is 0 Å². The smallest absolute Gasteiger partial charge is 0.350 e. The Balaban J connectivity index is 1.36. The van der Waals surface area contributed by atoms with E-state index in [1.807, 2.05) is 42.5 Å². The third-order valence-electron chi connectivity index (χ3n) is 5.47. The van der Waals surface area contributed by atoms with E-state index in [1.54, 1.807) is 31.4 Å². The van der Waals surface area contributed by atoms with Crippen molar-refractivity contribution in [1.29, 1.82) is 0 Å². The maximum Gasteiger partial charge on any atom is 0.350 e. The van der Waals surface area contributed by atoms with Gasteiger partial charge < -0.3 is 24.8 Å². The van der Waals surface area contributed by atoms with Crippen molar-refractivity contribution < 1.29 is 19.0 Å². The Morgan fingerprint density at radius 3 is 2.68 bits per heavy atom. The fourth-order valence-corrected chi connectivity index (χ4v) is 3.76. The molecule has 1 aliphatic rings. The molecule has 0 bridgehead atoms. The van der Waals surface area contributed by atoms with Crippen LogP contribution in [-0.4, -0.2) is 29.4 Å². The number of hydrogen-bond donors (Lipinski definition) is 2. The molecule has 0 saturated carbocycles. The zero-order chi connectivity index (χ0) is 23.5. The van der Waals surface area contributed by atoms with E-state index in [1.165, 1.54) is 4.57 Å². The van der Waals surface area contributed by atoms with Gasteiger partial charge in [-0.1, -0.05) is 24.3 Å². The number of ether oxygens (including phenoxy) is 3. The van der Waals surface area contributed by atoms with Crippen LogP contribution < -0.4 is 30.5 Å². The van der Waals surface area contributed by atoms with Crippen LogP contribution in [0.1, 0.15) is 5.56 Å². The number of nitrogens with one attached hydrogen (secondary N) is 2. The Labute approximate surface area is 194 Å². The minimum absolute atomic E-state index is 0.151. The molecule has 2 N–H and O–H groups in total. The highest BCUT2D eigenvalue weighted by atomic mass is 16.7. The molecule has 0 atom stereocenters. The van der Waals surface area contributed by atoms with Gasteiger partial charge in [0.2, 0.25) is 12.7 Å². The van der Waals surface area contributed by atoms with E-state index >= 15 is 0 Å². The number of hydrogen-bond acceptors (Lipinski definition) is 7. The number of rotatable bonds is 7. The van der Waals surface area contributed by atoms with Crippen LogP contribution in [-0.2, 0) is 17.9 Å². The molecule has 0 fully saturated rings. The molecule has 2 heterocycles. The molecule has 0 spiro atoms. The third kappa shape index (κ3) is 4.36. The molecule has 1 aromatic heterocycles. The van der Waals surface area contributed by atoms with E-state index in [4.69, 9.17) is 14.2 Å². The van der Waals surface area contributed by atoms with Gasteiger partial charge in [0.05, 0.1) is 12.6 Å². The van der Waals surface area contributed by atoms with Crippen molar-refractivity contribution in [2.24, 2.45) is 0 Å². The maximum atomic E-state index is 12.9. The second kappa shape index (κ2) is 9.14. The molecule has 0 radical (unpaired) electrons. The van der Waals surface area contributed by atoms with Gasteiger partial charge >= 0.3 is 5.69 Å². The number of carbonyl (C=O) groups is 1. The lowest BCUT2D eigenvalue weighted by Crippen LogP contribution is -2.30. The van der Waals surface area contributed by atoms with E-state index in [0.29, 0.717) is 35.1 Å². The van der Waals surface area contributed by atoms with Crippen molar-refractivity contribution in [1.82, 2.24) is 9.55 Å². The number of carbonyl (C=O) groups excluding carboxylic acids is 1. The summed E-state index contributed by atoms with van der Waals surface area (Å²) in [6.45, 7) is 0.452. The van der Waals surface area contributed by atoms with Crippen molar-refractivity contribution in [2.75, 3.05) is 24.5 Å². The minimum Gasteiger partial charge on any atom is -0.497 e. The van der Waals surface area contributed by atoms with Gasteiger partial charge in [0.15, 0.2) is 11.5 Å². The molecule has 9 heteroatoms. The molecular formula is C25H22N4O5. The number of anilines is 2. The predicted octanol–water partition coefficient (Wildman–Crippen LogP) is 3.38. The largest absolute Gasteiger partial charge is 0.497 e. The fourth-order valence-electron chi connectivity index (χ4n) is 3.76. The van der Waals surface area contributed by atoms with E-state index in [0.717, 1.165) is 16.7 Å². The van der Waals surface area contributed by atoms with Crippen molar-refractivity contribution in [3.8, 4) is 17.2 Å². The van der Waals surface area contributed by atoms with Gasteiger partial charge in [-0.2, -0.15) is 4.98 Å². The summed E-state index contributed by atoms with van der Waals surface area (Å²) in [5, 5.41) is 6.77. The first kappa shape index (κ1) is 21.3. The average molecular weight is 458 g/mol. The van der Waals surface area contributed by atoms with Crippen LogP contribution in [0.15, 0.2) is 71.5 Å². The Hall–Kier alpha value is -4.53. The van der Waals surface area contributed by atoms with Crippen LogP contribution >= 0.6 is 0 Å². The van der Waals surface area contributed by atoms with Crippen molar-refractivity contribution >= 4 is 28.3 Å². The monoisotopic (exact) mass is 458 g/mol. The van der Waals surface area contributed by atoms with Crippen LogP contribution in [0.5, 0.6) is 17.2 Å². The topological polar surface area (TPSA) is 104 Å². The van der Waals surface area contributed by atoms with E-state index in [2.05, 4.69) is 15.6 Å². The number of amides is 1. The second-order valence-corrected chi connectivity index (χ2v) is 7.66. The summed E-state index contributed by atoms with van der Waals surface area (Å²) >= 11 is 0. The van der Waals surface area contributed by atoms with Gasteiger partial charge in [0.1, 0.15) is 18.1 Å². The van der Waals surface area contributed by atoms with Gasteiger partial charge in [0.25, 0.3) is 0 Å². The summed E-state index contributed by atoms with van der Waals surface area (Å²) in [5.41, 5.74) is 1.66. The summed E-state index contributed by atoms with van der Waals surface area (Å²) in [6, 6.07) is 20.1. The van der Waals surface area contributed by atoms with Crippen LogP contribution in [0.4, 0.5) is 11.5 Å². The number of benzene rings is 3. The zero-order valence-corrected chi connectivity index (χ0v) is 18.4. The number of nitrogens with zero attached hydrogens (tertiary/aromatic N) is 2. The lowest BCUT2D eigenvalue weighted by Gasteiger charge is -2.14. The first-order valence-corrected chi connectivity index (χ1v) is 10.7. The Bertz CT molecular complexity index is 1420. The van der Waals surface area contributed by atoms with Gasteiger partial charge in [-0.25, -0.2) is 4.79 Å². The van der Waals surface area contributed by atoms with Crippen molar-refractivity contribution in [2.45, 2.75) is 13.1 Å². The van der Waals surface area contributed by atoms with Crippen LogP contribution in [0.2, 0.25) is 0 Å². The molecule has 1 amide bonds.